The third-order valence-electron chi connectivity index (χ3n) is 5.45. The minimum absolute atomic E-state index is 0.0230. The van der Waals surface area contributed by atoms with Crippen molar-refractivity contribution in [3.63, 3.8) is 0 Å². The largest absolute Gasteiger partial charge is 0.466 e. The van der Waals surface area contributed by atoms with Crippen molar-refractivity contribution in [2.45, 2.75) is 57.9 Å². The fourth-order valence-corrected chi connectivity index (χ4v) is 3.72. The van der Waals surface area contributed by atoms with Crippen molar-refractivity contribution in [2.24, 2.45) is 11.7 Å². The molecule has 29 heavy (non-hydrogen) atoms. The van der Waals surface area contributed by atoms with Gasteiger partial charge in [0.2, 0.25) is 0 Å². The highest BCUT2D eigenvalue weighted by Crippen LogP contribution is 2.28. The number of hydrogen-bond acceptors (Lipinski definition) is 5. The molecule has 1 aromatic carbocycles. The SMILES string of the molecule is CCCCOC(=O)CC1CCC(NC(=O)c2cc3cc(C(=N)N)ccc3o2)CC1. The number of carbonyl (C=O) groups excluding carboxylic acids is 2. The minimum atomic E-state index is -0.243. The van der Waals surface area contributed by atoms with Crippen molar-refractivity contribution in [3.05, 3.63) is 35.6 Å². The molecule has 1 amide bonds. The van der Waals surface area contributed by atoms with E-state index in [9.17, 15) is 9.59 Å². The average molecular weight is 399 g/mol. The zero-order valence-electron chi connectivity index (χ0n) is 16.8. The number of amides is 1. The van der Waals surface area contributed by atoms with Crippen LogP contribution in [0.4, 0.5) is 0 Å². The number of unbranched alkanes of at least 4 members (excludes halogenated alkanes) is 1. The first-order valence-electron chi connectivity index (χ1n) is 10.3. The Morgan fingerprint density at radius 2 is 2.00 bits per heavy atom. The lowest BCUT2D eigenvalue weighted by atomic mass is 9.84. The second-order valence-corrected chi connectivity index (χ2v) is 7.75. The number of benzene rings is 1. The maximum absolute atomic E-state index is 12.6. The molecule has 0 unspecified atom stereocenters. The maximum atomic E-state index is 12.6. The zero-order valence-corrected chi connectivity index (χ0v) is 16.8. The second kappa shape index (κ2) is 9.58. The van der Waals surface area contributed by atoms with E-state index >= 15 is 0 Å². The van der Waals surface area contributed by atoms with Gasteiger partial charge in [-0.25, -0.2) is 0 Å². The Hall–Kier alpha value is -2.83. The second-order valence-electron chi connectivity index (χ2n) is 7.75. The van der Waals surface area contributed by atoms with Gasteiger partial charge >= 0.3 is 5.97 Å². The van der Waals surface area contributed by atoms with Crippen LogP contribution in [0, 0.1) is 11.3 Å². The molecule has 2 aromatic rings. The van der Waals surface area contributed by atoms with E-state index in [0.29, 0.717) is 30.1 Å². The molecule has 0 saturated heterocycles. The van der Waals surface area contributed by atoms with Gasteiger partial charge in [0.25, 0.3) is 5.91 Å². The van der Waals surface area contributed by atoms with Gasteiger partial charge in [-0.15, -0.1) is 0 Å². The third kappa shape index (κ3) is 5.59. The summed E-state index contributed by atoms with van der Waals surface area (Å²) in [6.45, 7) is 2.57. The highest BCUT2D eigenvalue weighted by Gasteiger charge is 2.25. The number of nitrogen functional groups attached to an aromatic ring is 1. The molecule has 1 fully saturated rings. The minimum Gasteiger partial charge on any atom is -0.466 e. The normalized spacial score (nSPS) is 19.1. The van der Waals surface area contributed by atoms with Crippen molar-refractivity contribution in [1.82, 2.24) is 5.32 Å². The van der Waals surface area contributed by atoms with Gasteiger partial charge < -0.3 is 20.2 Å². The molecule has 0 aliphatic heterocycles. The van der Waals surface area contributed by atoms with E-state index in [1.807, 2.05) is 0 Å². The number of esters is 1. The lowest BCUT2D eigenvalue weighted by Gasteiger charge is -2.28. The quantitative estimate of drug-likeness (QED) is 0.270. The lowest BCUT2D eigenvalue weighted by molar-refractivity contribution is -0.145. The summed E-state index contributed by atoms with van der Waals surface area (Å²) >= 11 is 0. The number of ether oxygens (including phenoxy) is 1. The number of furan rings is 1. The summed E-state index contributed by atoms with van der Waals surface area (Å²) in [4.78, 5) is 24.4. The fraction of sp³-hybridized carbons (Fsp3) is 0.500. The van der Waals surface area contributed by atoms with E-state index < -0.39 is 0 Å². The van der Waals surface area contributed by atoms with E-state index in [0.717, 1.165) is 43.9 Å². The summed E-state index contributed by atoms with van der Waals surface area (Å²) in [5.41, 5.74) is 6.69. The van der Waals surface area contributed by atoms with Crippen LogP contribution in [-0.2, 0) is 9.53 Å². The van der Waals surface area contributed by atoms with Crippen molar-refractivity contribution < 1.29 is 18.7 Å². The Labute approximate surface area is 170 Å². The summed E-state index contributed by atoms with van der Waals surface area (Å²) in [5.74, 6) is 0.201. The molecule has 1 aromatic heterocycles. The van der Waals surface area contributed by atoms with Crippen molar-refractivity contribution in [2.75, 3.05) is 6.61 Å². The van der Waals surface area contributed by atoms with Gasteiger partial charge in [0.05, 0.1) is 6.61 Å². The molecule has 7 heteroatoms. The maximum Gasteiger partial charge on any atom is 0.306 e. The van der Waals surface area contributed by atoms with Crippen LogP contribution in [0.3, 0.4) is 0 Å². The van der Waals surface area contributed by atoms with Crippen LogP contribution in [0.2, 0.25) is 0 Å². The van der Waals surface area contributed by atoms with E-state index in [-0.39, 0.29) is 29.5 Å². The molecule has 156 valence electrons. The van der Waals surface area contributed by atoms with Gasteiger partial charge in [0, 0.05) is 23.4 Å². The van der Waals surface area contributed by atoms with Gasteiger partial charge in [-0.1, -0.05) is 13.3 Å². The summed E-state index contributed by atoms with van der Waals surface area (Å²) < 4.78 is 10.9. The topological polar surface area (TPSA) is 118 Å². The predicted octanol–water partition coefficient (Wildman–Crippen LogP) is 3.74. The van der Waals surface area contributed by atoms with Crippen LogP contribution < -0.4 is 11.1 Å². The Morgan fingerprint density at radius 3 is 2.69 bits per heavy atom. The monoisotopic (exact) mass is 399 g/mol. The number of carbonyl (C=O) groups is 2. The molecule has 3 rings (SSSR count). The molecular formula is C22H29N3O4. The van der Waals surface area contributed by atoms with E-state index in [1.54, 1.807) is 24.3 Å². The molecule has 0 spiro atoms. The van der Waals surface area contributed by atoms with E-state index in [1.165, 1.54) is 0 Å². The number of hydrogen-bond donors (Lipinski definition) is 3. The molecule has 1 aliphatic carbocycles. The first-order chi connectivity index (χ1) is 14.0. The van der Waals surface area contributed by atoms with Crippen LogP contribution in [0.15, 0.2) is 28.7 Å². The fourth-order valence-electron chi connectivity index (χ4n) is 3.72. The summed E-state index contributed by atoms with van der Waals surface area (Å²) in [6, 6.07) is 6.91. The van der Waals surface area contributed by atoms with E-state index in [4.69, 9.17) is 20.3 Å². The first-order valence-corrected chi connectivity index (χ1v) is 10.3. The van der Waals surface area contributed by atoms with Crippen LogP contribution in [0.25, 0.3) is 11.0 Å². The van der Waals surface area contributed by atoms with Crippen molar-refractivity contribution in [1.29, 1.82) is 5.41 Å². The van der Waals surface area contributed by atoms with Gasteiger partial charge in [0.15, 0.2) is 5.76 Å². The molecule has 0 atom stereocenters. The highest BCUT2D eigenvalue weighted by molar-refractivity contribution is 6.00. The summed E-state index contributed by atoms with van der Waals surface area (Å²) in [6.07, 6.45) is 5.86. The number of rotatable bonds is 8. The van der Waals surface area contributed by atoms with E-state index in [2.05, 4.69) is 12.2 Å². The molecule has 7 nitrogen and oxygen atoms in total. The van der Waals surface area contributed by atoms with Crippen LogP contribution in [0.5, 0.6) is 0 Å². The number of nitrogens with one attached hydrogen (secondary N) is 2. The smallest absolute Gasteiger partial charge is 0.306 e. The zero-order chi connectivity index (χ0) is 20.8. The summed E-state index contributed by atoms with van der Waals surface area (Å²) in [5, 5.41) is 11.3. The van der Waals surface area contributed by atoms with Gasteiger partial charge in [-0.3, -0.25) is 15.0 Å². The molecule has 1 saturated carbocycles. The Balaban J connectivity index is 1.49. The Morgan fingerprint density at radius 1 is 1.24 bits per heavy atom. The third-order valence-corrected chi connectivity index (χ3v) is 5.45. The molecule has 0 radical (unpaired) electrons. The standard InChI is InChI=1S/C22H29N3O4/c1-2-3-10-28-20(26)11-14-4-7-17(8-5-14)25-22(27)19-13-16-12-15(21(23)24)6-9-18(16)29-19/h6,9,12-14,17H,2-5,7-8,10-11H2,1H3,(H3,23,24)(H,25,27). The Bertz CT molecular complexity index is 881. The van der Waals surface area contributed by atoms with Crippen molar-refractivity contribution in [3.8, 4) is 0 Å². The first kappa shape index (κ1) is 20.9. The van der Waals surface area contributed by atoms with Crippen LogP contribution in [0.1, 0.15) is 68.0 Å². The summed E-state index contributed by atoms with van der Waals surface area (Å²) in [7, 11) is 0. The molecule has 4 N–H and O–H groups in total. The number of fused-ring (bicyclic) bond motifs is 1. The molecular weight excluding hydrogens is 370 g/mol. The van der Waals surface area contributed by atoms with Gasteiger partial charge in [0.1, 0.15) is 11.4 Å². The molecule has 1 heterocycles. The lowest BCUT2D eigenvalue weighted by Crippen LogP contribution is -2.37. The number of nitrogens with two attached hydrogens (primary N) is 1. The van der Waals surface area contributed by atoms with Crippen LogP contribution >= 0.6 is 0 Å². The van der Waals surface area contributed by atoms with Crippen molar-refractivity contribution >= 4 is 28.7 Å². The average Bonchev–Trinajstić information content (AvgIpc) is 3.13. The van der Waals surface area contributed by atoms with Gasteiger partial charge in [-0.2, -0.15) is 0 Å². The number of amidine groups is 1. The predicted molar refractivity (Wildman–Crippen MR) is 111 cm³/mol. The Kier molecular flexibility index (Phi) is 6.90. The molecule has 1 aliphatic rings. The highest BCUT2D eigenvalue weighted by atomic mass is 16.5. The molecule has 0 bridgehead atoms. The van der Waals surface area contributed by atoms with Gasteiger partial charge in [-0.05, 0) is 62.3 Å². The van der Waals surface area contributed by atoms with Crippen LogP contribution in [-0.4, -0.2) is 30.4 Å².